The van der Waals surface area contributed by atoms with Crippen molar-refractivity contribution in [2.24, 2.45) is 0 Å². The average molecular weight is 327 g/mol. The molecule has 0 aliphatic heterocycles. The van der Waals surface area contributed by atoms with Crippen LogP contribution in [0.25, 0.3) is 0 Å². The Morgan fingerprint density at radius 3 is 2.67 bits per heavy atom. The van der Waals surface area contributed by atoms with Crippen molar-refractivity contribution in [1.82, 2.24) is 0 Å². The Morgan fingerprint density at radius 2 is 2.06 bits per heavy atom. The zero-order valence-corrected chi connectivity index (χ0v) is 12.5. The first-order chi connectivity index (χ1) is 8.47. The van der Waals surface area contributed by atoms with Gasteiger partial charge in [-0.25, -0.2) is 4.39 Å². The van der Waals surface area contributed by atoms with Crippen LogP contribution in [0.5, 0.6) is 0 Å². The van der Waals surface area contributed by atoms with E-state index in [1.807, 2.05) is 19.9 Å². The number of aryl methyl sites for hydroxylation is 2. The van der Waals surface area contributed by atoms with Gasteiger partial charge in [-0.1, -0.05) is 15.9 Å². The fourth-order valence-corrected chi connectivity index (χ4v) is 3.03. The number of hydrogen-bond acceptors (Lipinski definition) is 2. The van der Waals surface area contributed by atoms with Crippen molar-refractivity contribution in [1.29, 1.82) is 0 Å². The van der Waals surface area contributed by atoms with Gasteiger partial charge in [-0.2, -0.15) is 0 Å². The van der Waals surface area contributed by atoms with Crippen molar-refractivity contribution < 1.29 is 9.18 Å². The Balaban J connectivity index is 2.23. The number of carbonyl (C=O) groups excluding carboxylic acids is 1. The fraction of sp³-hybridized carbons (Fsp3) is 0.214. The first-order valence-corrected chi connectivity index (χ1v) is 7.12. The Bertz CT molecular complexity index is 584. The van der Waals surface area contributed by atoms with E-state index in [1.54, 1.807) is 12.1 Å². The lowest BCUT2D eigenvalue weighted by atomic mass is 10.1. The van der Waals surface area contributed by atoms with Crippen LogP contribution in [0.15, 0.2) is 28.7 Å². The molecule has 2 aromatic rings. The van der Waals surface area contributed by atoms with Crippen LogP contribution in [-0.2, 0) is 6.42 Å². The van der Waals surface area contributed by atoms with E-state index in [9.17, 15) is 9.18 Å². The number of ketones is 1. The van der Waals surface area contributed by atoms with Crippen molar-refractivity contribution >= 4 is 33.0 Å². The minimum absolute atomic E-state index is 0.0341. The lowest BCUT2D eigenvalue weighted by molar-refractivity contribution is 0.0995. The zero-order valence-electron chi connectivity index (χ0n) is 10.1. The Kier molecular flexibility index (Phi) is 3.97. The Hall–Kier alpha value is -1.00. The fourth-order valence-electron chi connectivity index (χ4n) is 1.65. The first kappa shape index (κ1) is 13.4. The van der Waals surface area contributed by atoms with Gasteiger partial charge in [0, 0.05) is 15.8 Å². The van der Waals surface area contributed by atoms with Gasteiger partial charge >= 0.3 is 0 Å². The number of carbonyl (C=O) groups is 1. The van der Waals surface area contributed by atoms with Crippen LogP contribution >= 0.6 is 27.3 Å². The summed E-state index contributed by atoms with van der Waals surface area (Å²) < 4.78 is 14.3. The molecular weight excluding hydrogens is 315 g/mol. The molecule has 4 heteroatoms. The molecule has 0 radical (unpaired) electrons. The van der Waals surface area contributed by atoms with Crippen LogP contribution in [0.4, 0.5) is 4.39 Å². The molecule has 0 amide bonds. The van der Waals surface area contributed by atoms with Crippen LogP contribution in [0.3, 0.4) is 0 Å². The minimum Gasteiger partial charge on any atom is -0.293 e. The summed E-state index contributed by atoms with van der Waals surface area (Å²) in [6.45, 7) is 3.96. The number of rotatable bonds is 3. The lowest BCUT2D eigenvalue weighted by Crippen LogP contribution is -2.03. The normalized spacial score (nSPS) is 10.7. The molecule has 0 aliphatic rings. The SMILES string of the molecule is Cc1cc(C(=O)Cc2cc(Br)ccc2F)sc1C. The molecule has 0 fully saturated rings. The number of hydrogen-bond donors (Lipinski definition) is 0. The molecule has 0 N–H and O–H groups in total. The number of halogens is 2. The van der Waals surface area contributed by atoms with Crippen molar-refractivity contribution in [3.05, 3.63) is 55.4 Å². The van der Waals surface area contributed by atoms with Gasteiger partial charge in [0.2, 0.25) is 0 Å². The molecule has 94 valence electrons. The molecule has 1 heterocycles. The van der Waals surface area contributed by atoms with E-state index >= 15 is 0 Å². The van der Waals surface area contributed by atoms with Crippen molar-refractivity contribution in [3.8, 4) is 0 Å². The molecular formula is C14H12BrFOS. The zero-order chi connectivity index (χ0) is 13.3. The molecule has 18 heavy (non-hydrogen) atoms. The smallest absolute Gasteiger partial charge is 0.177 e. The van der Waals surface area contributed by atoms with Crippen molar-refractivity contribution in [3.63, 3.8) is 0 Å². The number of thiophene rings is 1. The summed E-state index contributed by atoms with van der Waals surface area (Å²) in [5.41, 5.74) is 1.54. The highest BCUT2D eigenvalue weighted by Gasteiger charge is 2.13. The van der Waals surface area contributed by atoms with E-state index in [1.165, 1.54) is 17.4 Å². The second-order valence-corrected chi connectivity index (χ2v) is 6.36. The largest absolute Gasteiger partial charge is 0.293 e. The molecule has 1 aromatic carbocycles. The highest BCUT2D eigenvalue weighted by molar-refractivity contribution is 9.10. The summed E-state index contributed by atoms with van der Waals surface area (Å²) in [5, 5.41) is 0. The standard InChI is InChI=1S/C14H12BrFOS/c1-8-5-14(18-9(8)2)13(17)7-10-6-11(15)3-4-12(10)16/h3-6H,7H2,1-2H3. The lowest BCUT2D eigenvalue weighted by Gasteiger charge is -2.02. The monoisotopic (exact) mass is 326 g/mol. The van der Waals surface area contributed by atoms with Gasteiger partial charge < -0.3 is 0 Å². The number of benzene rings is 1. The maximum atomic E-state index is 13.6. The molecule has 0 atom stereocenters. The molecule has 0 unspecified atom stereocenters. The van der Waals surface area contributed by atoms with E-state index in [4.69, 9.17) is 0 Å². The Morgan fingerprint density at radius 1 is 1.33 bits per heavy atom. The molecule has 1 nitrogen and oxygen atoms in total. The van der Waals surface area contributed by atoms with Crippen molar-refractivity contribution in [2.75, 3.05) is 0 Å². The third-order valence-corrected chi connectivity index (χ3v) is 4.49. The minimum atomic E-state index is -0.337. The molecule has 1 aromatic heterocycles. The van der Waals surface area contributed by atoms with Crippen molar-refractivity contribution in [2.45, 2.75) is 20.3 Å². The quantitative estimate of drug-likeness (QED) is 0.747. The van der Waals surface area contributed by atoms with E-state index in [0.717, 1.165) is 14.9 Å². The molecule has 0 saturated heterocycles. The third-order valence-electron chi connectivity index (χ3n) is 2.80. The molecule has 0 saturated carbocycles. The molecule has 0 spiro atoms. The van der Waals surface area contributed by atoms with Crippen LogP contribution in [0, 0.1) is 19.7 Å². The highest BCUT2D eigenvalue weighted by atomic mass is 79.9. The summed E-state index contributed by atoms with van der Waals surface area (Å²) in [6, 6.07) is 6.53. The van der Waals surface area contributed by atoms with Crippen LogP contribution in [-0.4, -0.2) is 5.78 Å². The van der Waals surface area contributed by atoms with E-state index < -0.39 is 0 Å². The highest BCUT2D eigenvalue weighted by Crippen LogP contribution is 2.23. The Labute approximate surface area is 118 Å². The van der Waals surface area contributed by atoms with Crippen LogP contribution < -0.4 is 0 Å². The summed E-state index contributed by atoms with van der Waals surface area (Å²) in [6.07, 6.45) is 0.102. The summed E-state index contributed by atoms with van der Waals surface area (Å²) in [5.74, 6) is -0.371. The van der Waals surface area contributed by atoms with E-state index in [0.29, 0.717) is 10.4 Å². The molecule has 0 bridgehead atoms. The van der Waals surface area contributed by atoms with E-state index in [2.05, 4.69) is 15.9 Å². The van der Waals surface area contributed by atoms with Gasteiger partial charge in [0.05, 0.1) is 4.88 Å². The van der Waals surface area contributed by atoms with Gasteiger partial charge in [0.25, 0.3) is 0 Å². The predicted octanol–water partition coefficient (Wildman–Crippen LogP) is 4.69. The first-order valence-electron chi connectivity index (χ1n) is 5.51. The maximum Gasteiger partial charge on any atom is 0.177 e. The maximum absolute atomic E-state index is 13.6. The third kappa shape index (κ3) is 2.87. The topological polar surface area (TPSA) is 17.1 Å². The number of Topliss-reactive ketones (excluding diaryl/α,β-unsaturated/α-hetero) is 1. The second-order valence-electron chi connectivity index (χ2n) is 4.19. The van der Waals surface area contributed by atoms with Gasteiger partial charge in [-0.3, -0.25) is 4.79 Å². The summed E-state index contributed by atoms with van der Waals surface area (Å²) >= 11 is 4.75. The van der Waals surface area contributed by atoms with Gasteiger partial charge in [-0.15, -0.1) is 11.3 Å². The second kappa shape index (κ2) is 5.33. The molecule has 0 aliphatic carbocycles. The van der Waals surface area contributed by atoms with Gasteiger partial charge in [-0.05, 0) is 49.2 Å². The van der Waals surface area contributed by atoms with Crippen LogP contribution in [0.2, 0.25) is 0 Å². The van der Waals surface area contributed by atoms with E-state index in [-0.39, 0.29) is 18.0 Å². The predicted molar refractivity (Wildman–Crippen MR) is 75.9 cm³/mol. The summed E-state index contributed by atoms with van der Waals surface area (Å²) in [4.78, 5) is 13.9. The van der Waals surface area contributed by atoms with Crippen LogP contribution in [0.1, 0.15) is 25.7 Å². The van der Waals surface area contributed by atoms with Gasteiger partial charge in [0.1, 0.15) is 5.82 Å². The summed E-state index contributed by atoms with van der Waals surface area (Å²) in [7, 11) is 0. The van der Waals surface area contributed by atoms with Gasteiger partial charge in [0.15, 0.2) is 5.78 Å². The average Bonchev–Trinajstić information content (AvgIpc) is 2.64. The molecule has 2 rings (SSSR count).